The van der Waals surface area contributed by atoms with Gasteiger partial charge >= 0.3 is 5.69 Å². The fraction of sp³-hybridized carbons (Fsp3) is 0.471. The first kappa shape index (κ1) is 15.0. The van der Waals surface area contributed by atoms with Crippen LogP contribution >= 0.6 is 0 Å². The van der Waals surface area contributed by atoms with E-state index in [2.05, 4.69) is 10.2 Å². The molecule has 2 saturated heterocycles. The number of imidazole rings is 1. The molecule has 0 aliphatic carbocycles. The molecule has 1 aromatic carbocycles. The summed E-state index contributed by atoms with van der Waals surface area (Å²) < 4.78 is 3.16. The summed E-state index contributed by atoms with van der Waals surface area (Å²) in [5.41, 5.74) is 2.43. The maximum absolute atomic E-state index is 12.8. The maximum atomic E-state index is 12.8. The van der Waals surface area contributed by atoms with Gasteiger partial charge in [-0.05, 0) is 31.4 Å². The average molecular weight is 328 g/mol. The predicted octanol–water partition coefficient (Wildman–Crippen LogP) is 0.918. The molecule has 24 heavy (non-hydrogen) atoms. The molecule has 2 amide bonds. The van der Waals surface area contributed by atoms with E-state index in [4.69, 9.17) is 0 Å². The normalized spacial score (nSPS) is 21.5. The molecule has 2 aliphatic heterocycles. The zero-order valence-electron chi connectivity index (χ0n) is 13.6. The van der Waals surface area contributed by atoms with Gasteiger partial charge < -0.3 is 4.90 Å². The molecule has 0 spiro atoms. The number of aryl methyl sites for hydroxylation is 1. The van der Waals surface area contributed by atoms with Gasteiger partial charge in [0.05, 0.1) is 16.7 Å². The molecule has 0 saturated carbocycles. The fourth-order valence-electron chi connectivity index (χ4n) is 3.86. The summed E-state index contributed by atoms with van der Waals surface area (Å²) in [5.74, 6) is -0.672. The Balaban J connectivity index is 1.90. The first-order valence-corrected chi connectivity index (χ1v) is 8.36. The monoisotopic (exact) mass is 328 g/mol. The molecule has 1 aromatic heterocycles. The zero-order valence-corrected chi connectivity index (χ0v) is 13.6. The van der Waals surface area contributed by atoms with E-state index >= 15 is 0 Å². The number of carbonyl (C=O) groups excluding carboxylic acids is 2. The van der Waals surface area contributed by atoms with E-state index in [1.807, 2.05) is 18.2 Å². The summed E-state index contributed by atoms with van der Waals surface area (Å²) in [6, 6.07) is 5.20. The van der Waals surface area contributed by atoms with Crippen LogP contribution in [0.1, 0.15) is 31.7 Å². The molecule has 2 fully saturated rings. The third-order valence-electron chi connectivity index (χ3n) is 5.05. The number of nitrogens with zero attached hydrogens (tertiary/aromatic N) is 3. The summed E-state index contributed by atoms with van der Waals surface area (Å²) in [6.07, 6.45) is 2.92. The number of rotatable bonds is 2. The summed E-state index contributed by atoms with van der Waals surface area (Å²) >= 11 is 0. The number of carbonyl (C=O) groups is 2. The van der Waals surface area contributed by atoms with Gasteiger partial charge in [0, 0.05) is 26.6 Å². The summed E-state index contributed by atoms with van der Waals surface area (Å²) in [5, 5.41) is 2.34. The predicted molar refractivity (Wildman–Crippen MR) is 90.0 cm³/mol. The molecule has 3 heterocycles. The van der Waals surface area contributed by atoms with E-state index in [9.17, 15) is 14.4 Å². The minimum absolute atomic E-state index is 0.217. The number of amides is 2. The molecule has 4 rings (SSSR count). The van der Waals surface area contributed by atoms with Crippen LogP contribution < -0.4 is 15.9 Å². The second kappa shape index (κ2) is 5.51. The van der Waals surface area contributed by atoms with E-state index < -0.39 is 11.9 Å². The lowest BCUT2D eigenvalue weighted by atomic mass is 10.1. The molecule has 1 unspecified atom stereocenters. The maximum Gasteiger partial charge on any atom is 0.329 e. The van der Waals surface area contributed by atoms with E-state index in [-0.39, 0.29) is 18.0 Å². The molecule has 7 nitrogen and oxygen atoms in total. The highest BCUT2D eigenvalue weighted by atomic mass is 16.2. The Morgan fingerprint density at radius 2 is 1.88 bits per heavy atom. The highest BCUT2D eigenvalue weighted by Gasteiger charge is 2.32. The van der Waals surface area contributed by atoms with Crippen LogP contribution in [0.4, 0.5) is 5.69 Å². The largest absolute Gasteiger partial charge is 0.370 e. The van der Waals surface area contributed by atoms with Crippen LogP contribution in [0.2, 0.25) is 0 Å². The molecule has 2 aliphatic rings. The van der Waals surface area contributed by atoms with Crippen LogP contribution in [-0.2, 0) is 16.6 Å². The number of piperidine rings is 1. The smallest absolute Gasteiger partial charge is 0.329 e. The number of anilines is 1. The van der Waals surface area contributed by atoms with Gasteiger partial charge in [0.2, 0.25) is 11.8 Å². The Morgan fingerprint density at radius 1 is 1.12 bits per heavy atom. The summed E-state index contributed by atoms with van der Waals surface area (Å²) in [4.78, 5) is 38.8. The van der Waals surface area contributed by atoms with Crippen molar-refractivity contribution in [2.24, 2.45) is 7.05 Å². The number of imide groups is 1. The lowest BCUT2D eigenvalue weighted by Gasteiger charge is -2.22. The molecule has 1 N–H and O–H groups in total. The topological polar surface area (TPSA) is 76.3 Å². The van der Waals surface area contributed by atoms with Crippen LogP contribution in [-0.4, -0.2) is 34.0 Å². The minimum atomic E-state index is -0.632. The van der Waals surface area contributed by atoms with Gasteiger partial charge in [-0.2, -0.15) is 0 Å². The SMILES string of the molecule is Cn1c(=O)n(C2CCC(=O)NC2=O)c2cccc(N3CCCC3)c21. The van der Waals surface area contributed by atoms with Crippen LogP contribution in [0.25, 0.3) is 11.0 Å². The van der Waals surface area contributed by atoms with E-state index in [0.717, 1.165) is 42.7 Å². The van der Waals surface area contributed by atoms with Crippen LogP contribution in [0.3, 0.4) is 0 Å². The van der Waals surface area contributed by atoms with Crippen molar-refractivity contribution < 1.29 is 9.59 Å². The molecular formula is C17H20N4O3. The van der Waals surface area contributed by atoms with Gasteiger partial charge in [0.1, 0.15) is 6.04 Å². The van der Waals surface area contributed by atoms with Gasteiger partial charge in [-0.25, -0.2) is 4.79 Å². The Morgan fingerprint density at radius 3 is 2.58 bits per heavy atom. The number of hydrogen-bond donors (Lipinski definition) is 1. The van der Waals surface area contributed by atoms with Gasteiger partial charge in [0.25, 0.3) is 0 Å². The average Bonchev–Trinajstić information content (AvgIpc) is 3.17. The summed E-state index contributed by atoms with van der Waals surface area (Å²) in [6.45, 7) is 1.97. The number of fused-ring (bicyclic) bond motifs is 1. The van der Waals surface area contributed by atoms with Crippen LogP contribution in [0.5, 0.6) is 0 Å². The van der Waals surface area contributed by atoms with Crippen molar-refractivity contribution in [3.05, 3.63) is 28.7 Å². The van der Waals surface area contributed by atoms with Crippen molar-refractivity contribution in [1.29, 1.82) is 0 Å². The zero-order chi connectivity index (χ0) is 16.8. The molecule has 126 valence electrons. The Hall–Kier alpha value is -2.57. The highest BCUT2D eigenvalue weighted by molar-refractivity contribution is 6.00. The van der Waals surface area contributed by atoms with Gasteiger partial charge in [0.15, 0.2) is 0 Å². The molecule has 1 atom stereocenters. The minimum Gasteiger partial charge on any atom is -0.370 e. The van der Waals surface area contributed by atoms with E-state index in [1.165, 1.54) is 4.57 Å². The van der Waals surface area contributed by atoms with Crippen LogP contribution in [0.15, 0.2) is 23.0 Å². The first-order chi connectivity index (χ1) is 11.6. The molecule has 0 bridgehead atoms. The number of nitrogens with one attached hydrogen (secondary N) is 1. The second-order valence-corrected chi connectivity index (χ2v) is 6.52. The van der Waals surface area contributed by atoms with Crippen molar-refractivity contribution in [3.63, 3.8) is 0 Å². The fourth-order valence-corrected chi connectivity index (χ4v) is 3.86. The van der Waals surface area contributed by atoms with Crippen molar-refractivity contribution in [1.82, 2.24) is 14.5 Å². The molecule has 0 radical (unpaired) electrons. The Labute approximate surface area is 138 Å². The number of hydrogen-bond acceptors (Lipinski definition) is 4. The second-order valence-electron chi connectivity index (χ2n) is 6.52. The lowest BCUT2D eigenvalue weighted by Crippen LogP contribution is -2.44. The van der Waals surface area contributed by atoms with Crippen molar-refractivity contribution >= 4 is 28.5 Å². The Bertz CT molecular complexity index is 889. The third kappa shape index (κ3) is 2.15. The van der Waals surface area contributed by atoms with Crippen molar-refractivity contribution in [2.45, 2.75) is 31.7 Å². The first-order valence-electron chi connectivity index (χ1n) is 8.36. The van der Waals surface area contributed by atoms with E-state index in [1.54, 1.807) is 11.6 Å². The van der Waals surface area contributed by atoms with Gasteiger partial charge in [-0.3, -0.25) is 24.0 Å². The van der Waals surface area contributed by atoms with Gasteiger partial charge in [-0.1, -0.05) is 6.07 Å². The van der Waals surface area contributed by atoms with Crippen LogP contribution in [0, 0.1) is 0 Å². The number of para-hydroxylation sites is 1. The van der Waals surface area contributed by atoms with Crippen molar-refractivity contribution in [2.75, 3.05) is 18.0 Å². The van der Waals surface area contributed by atoms with Crippen molar-refractivity contribution in [3.8, 4) is 0 Å². The highest BCUT2D eigenvalue weighted by Crippen LogP contribution is 2.31. The molecule has 2 aromatic rings. The number of aromatic nitrogens is 2. The molecular weight excluding hydrogens is 308 g/mol. The lowest BCUT2D eigenvalue weighted by molar-refractivity contribution is -0.135. The standard InChI is InChI=1S/C17H20N4O3/c1-19-15-11(20-9-2-3-10-20)5-4-6-12(15)21(17(19)24)13-7-8-14(22)18-16(13)23/h4-6,13H,2-3,7-10H2,1H3,(H,18,22,23). The summed E-state index contributed by atoms with van der Waals surface area (Å²) in [7, 11) is 1.74. The molecule has 7 heteroatoms. The number of benzene rings is 1. The van der Waals surface area contributed by atoms with Gasteiger partial charge in [-0.15, -0.1) is 0 Å². The van der Waals surface area contributed by atoms with E-state index in [0.29, 0.717) is 6.42 Å². The third-order valence-corrected chi connectivity index (χ3v) is 5.05. The Kier molecular flexibility index (Phi) is 3.44. The quantitative estimate of drug-likeness (QED) is 0.832.